The Morgan fingerprint density at radius 1 is 1.22 bits per heavy atom. The van der Waals surface area contributed by atoms with Gasteiger partial charge in [-0.2, -0.15) is 11.8 Å². The van der Waals surface area contributed by atoms with E-state index in [4.69, 9.17) is 10.7 Å². The minimum absolute atomic E-state index is 0.0656. The first-order valence-corrected chi connectivity index (χ1v) is 8.50. The summed E-state index contributed by atoms with van der Waals surface area (Å²) in [6, 6.07) is 0. The van der Waals surface area contributed by atoms with Crippen molar-refractivity contribution in [1.82, 2.24) is 4.98 Å². The smallest absolute Gasteiger partial charge is 0.103 e. The number of hydrogen-bond acceptors (Lipinski definition) is 4. The van der Waals surface area contributed by atoms with Gasteiger partial charge < -0.3 is 5.73 Å². The molecule has 0 bridgehead atoms. The molecule has 0 aliphatic heterocycles. The van der Waals surface area contributed by atoms with Crippen molar-refractivity contribution >= 4 is 23.1 Å². The Bertz CT molecular complexity index is 352. The summed E-state index contributed by atoms with van der Waals surface area (Å²) in [5.41, 5.74) is 7.23. The zero-order valence-electron chi connectivity index (χ0n) is 12.5. The molecular weight excluding hydrogens is 260 g/mol. The SMILES string of the molecule is CCCSCc1nc(C(C)(C)C)c(C(C)(C)N)s1. The number of nitrogens with two attached hydrogens (primary N) is 1. The third kappa shape index (κ3) is 4.25. The van der Waals surface area contributed by atoms with E-state index in [9.17, 15) is 0 Å². The highest BCUT2D eigenvalue weighted by molar-refractivity contribution is 7.98. The lowest BCUT2D eigenvalue weighted by molar-refractivity contribution is 0.511. The highest BCUT2D eigenvalue weighted by atomic mass is 32.2. The van der Waals surface area contributed by atoms with Gasteiger partial charge in [0, 0.05) is 21.6 Å². The predicted molar refractivity (Wildman–Crippen MR) is 84.5 cm³/mol. The van der Waals surface area contributed by atoms with Gasteiger partial charge in [-0.3, -0.25) is 0 Å². The molecule has 1 aromatic rings. The lowest BCUT2D eigenvalue weighted by Gasteiger charge is -2.24. The molecule has 1 rings (SSSR count). The average molecular weight is 287 g/mol. The van der Waals surface area contributed by atoms with E-state index in [2.05, 4.69) is 41.5 Å². The van der Waals surface area contributed by atoms with Crippen LogP contribution in [0.3, 0.4) is 0 Å². The molecule has 0 aromatic carbocycles. The van der Waals surface area contributed by atoms with Gasteiger partial charge in [0.25, 0.3) is 0 Å². The minimum atomic E-state index is -0.298. The molecule has 0 aliphatic rings. The fraction of sp³-hybridized carbons (Fsp3) is 0.786. The second kappa shape index (κ2) is 5.93. The Kier molecular flexibility index (Phi) is 5.27. The summed E-state index contributed by atoms with van der Waals surface area (Å²) < 4.78 is 0. The molecule has 104 valence electrons. The molecule has 1 heterocycles. The molecular formula is C14H26N2S2. The number of aromatic nitrogens is 1. The van der Waals surface area contributed by atoms with Gasteiger partial charge in [0.05, 0.1) is 5.69 Å². The zero-order valence-corrected chi connectivity index (χ0v) is 14.1. The van der Waals surface area contributed by atoms with Gasteiger partial charge in [-0.05, 0) is 26.0 Å². The van der Waals surface area contributed by atoms with Gasteiger partial charge >= 0.3 is 0 Å². The topological polar surface area (TPSA) is 38.9 Å². The van der Waals surface area contributed by atoms with E-state index in [1.54, 1.807) is 11.3 Å². The van der Waals surface area contributed by atoms with Crippen LogP contribution in [0.2, 0.25) is 0 Å². The van der Waals surface area contributed by atoms with Crippen molar-refractivity contribution in [1.29, 1.82) is 0 Å². The maximum Gasteiger partial charge on any atom is 0.103 e. The molecule has 0 atom stereocenters. The van der Waals surface area contributed by atoms with Crippen molar-refractivity contribution in [3.05, 3.63) is 15.6 Å². The molecule has 0 spiro atoms. The maximum atomic E-state index is 6.29. The first-order valence-electron chi connectivity index (χ1n) is 6.53. The Morgan fingerprint density at radius 2 is 1.83 bits per heavy atom. The highest BCUT2D eigenvalue weighted by Crippen LogP contribution is 2.36. The second-order valence-electron chi connectivity index (χ2n) is 6.31. The quantitative estimate of drug-likeness (QED) is 0.821. The molecule has 0 amide bonds. The monoisotopic (exact) mass is 286 g/mol. The van der Waals surface area contributed by atoms with Crippen LogP contribution < -0.4 is 5.73 Å². The van der Waals surface area contributed by atoms with Gasteiger partial charge in [-0.25, -0.2) is 4.98 Å². The number of hydrogen-bond donors (Lipinski definition) is 1. The van der Waals surface area contributed by atoms with Crippen LogP contribution in [0, 0.1) is 0 Å². The standard InChI is InChI=1S/C14H26N2S2/c1-7-8-17-9-10-16-11(13(2,3)4)12(18-10)14(5,6)15/h7-9,15H2,1-6H3. The molecule has 0 aliphatic carbocycles. The fourth-order valence-electron chi connectivity index (χ4n) is 1.67. The molecule has 0 saturated heterocycles. The first-order chi connectivity index (χ1) is 8.16. The van der Waals surface area contributed by atoms with Crippen LogP contribution in [0.15, 0.2) is 0 Å². The molecule has 4 heteroatoms. The van der Waals surface area contributed by atoms with E-state index in [0.29, 0.717) is 0 Å². The normalized spacial score (nSPS) is 13.1. The first kappa shape index (κ1) is 16.0. The average Bonchev–Trinajstić information content (AvgIpc) is 2.61. The van der Waals surface area contributed by atoms with E-state index in [1.807, 2.05) is 11.8 Å². The number of thioether (sulfide) groups is 1. The van der Waals surface area contributed by atoms with Gasteiger partial charge in [-0.15, -0.1) is 11.3 Å². The van der Waals surface area contributed by atoms with E-state index in [0.717, 1.165) is 5.75 Å². The third-order valence-electron chi connectivity index (χ3n) is 2.54. The van der Waals surface area contributed by atoms with Crippen LogP contribution in [0.4, 0.5) is 0 Å². The van der Waals surface area contributed by atoms with Crippen LogP contribution in [0.25, 0.3) is 0 Å². The van der Waals surface area contributed by atoms with Crippen LogP contribution >= 0.6 is 23.1 Å². The number of rotatable bonds is 5. The maximum absolute atomic E-state index is 6.29. The summed E-state index contributed by atoms with van der Waals surface area (Å²) in [6.07, 6.45) is 1.22. The van der Waals surface area contributed by atoms with Crippen molar-refractivity contribution in [2.24, 2.45) is 5.73 Å². The van der Waals surface area contributed by atoms with Gasteiger partial charge in [0.2, 0.25) is 0 Å². The molecule has 0 saturated carbocycles. The summed E-state index contributed by atoms with van der Waals surface area (Å²) in [6.45, 7) is 13.0. The van der Waals surface area contributed by atoms with Crippen LogP contribution in [0.1, 0.15) is 63.5 Å². The van der Waals surface area contributed by atoms with E-state index in [-0.39, 0.29) is 11.0 Å². The Morgan fingerprint density at radius 3 is 2.22 bits per heavy atom. The van der Waals surface area contributed by atoms with Gasteiger partial charge in [-0.1, -0.05) is 27.7 Å². The van der Waals surface area contributed by atoms with Crippen molar-refractivity contribution in [2.45, 2.75) is 64.7 Å². The summed E-state index contributed by atoms with van der Waals surface area (Å²) in [5, 5.41) is 1.21. The molecule has 0 fully saturated rings. The van der Waals surface area contributed by atoms with Crippen molar-refractivity contribution < 1.29 is 0 Å². The van der Waals surface area contributed by atoms with Crippen LogP contribution in [0.5, 0.6) is 0 Å². The van der Waals surface area contributed by atoms with E-state index < -0.39 is 0 Å². The molecule has 1 aromatic heterocycles. The van der Waals surface area contributed by atoms with Crippen LogP contribution in [-0.2, 0) is 16.7 Å². The van der Waals surface area contributed by atoms with Gasteiger partial charge in [0.1, 0.15) is 5.01 Å². The second-order valence-corrected chi connectivity index (χ2v) is 8.50. The largest absolute Gasteiger partial charge is 0.321 e. The Balaban J connectivity index is 3.01. The van der Waals surface area contributed by atoms with Crippen molar-refractivity contribution in [3.8, 4) is 0 Å². The highest BCUT2D eigenvalue weighted by Gasteiger charge is 2.29. The minimum Gasteiger partial charge on any atom is -0.321 e. The summed E-state index contributed by atoms with van der Waals surface area (Å²) in [7, 11) is 0. The van der Waals surface area contributed by atoms with E-state index >= 15 is 0 Å². The lowest BCUT2D eigenvalue weighted by atomic mass is 9.87. The van der Waals surface area contributed by atoms with Crippen molar-refractivity contribution in [2.75, 3.05) is 5.75 Å². The number of thiazole rings is 1. The van der Waals surface area contributed by atoms with E-state index in [1.165, 1.54) is 27.8 Å². The summed E-state index contributed by atoms with van der Waals surface area (Å²) >= 11 is 3.74. The fourth-order valence-corrected chi connectivity index (χ4v) is 3.92. The summed E-state index contributed by atoms with van der Waals surface area (Å²) in [5.74, 6) is 2.21. The molecule has 2 N–H and O–H groups in total. The Labute approximate surface area is 120 Å². The Hall–Kier alpha value is -0.0600. The zero-order chi connectivity index (χ0) is 14.0. The molecule has 0 radical (unpaired) electrons. The number of nitrogens with zero attached hydrogens (tertiary/aromatic N) is 1. The molecule has 2 nitrogen and oxygen atoms in total. The molecule has 18 heavy (non-hydrogen) atoms. The molecule has 0 unspecified atom stereocenters. The van der Waals surface area contributed by atoms with Crippen LogP contribution in [-0.4, -0.2) is 10.7 Å². The van der Waals surface area contributed by atoms with Crippen molar-refractivity contribution in [3.63, 3.8) is 0 Å². The summed E-state index contributed by atoms with van der Waals surface area (Å²) in [4.78, 5) is 6.08. The van der Waals surface area contributed by atoms with Gasteiger partial charge in [0.15, 0.2) is 0 Å². The third-order valence-corrected chi connectivity index (χ3v) is 5.29. The lowest BCUT2D eigenvalue weighted by Crippen LogP contribution is -2.31. The predicted octanol–water partition coefficient (Wildman–Crippen LogP) is 4.28.